The Morgan fingerprint density at radius 1 is 1.39 bits per heavy atom. The number of nitrogens with one attached hydrogen (secondary N) is 1. The molecule has 2 aromatic rings. The molecule has 3 rings (SSSR count). The number of piperazine rings is 1. The van der Waals surface area contributed by atoms with Crippen LogP contribution in [0, 0.1) is 12.8 Å². The number of amides is 1. The summed E-state index contributed by atoms with van der Waals surface area (Å²) >= 11 is 6.41. The molecule has 1 fully saturated rings. The lowest BCUT2D eigenvalue weighted by molar-refractivity contribution is -0.139. The summed E-state index contributed by atoms with van der Waals surface area (Å²) in [5.74, 6) is 0.739. The molecule has 1 aliphatic rings. The van der Waals surface area contributed by atoms with E-state index in [0.717, 1.165) is 49.4 Å². The van der Waals surface area contributed by atoms with Crippen LogP contribution in [0.3, 0.4) is 0 Å². The molecule has 2 heterocycles. The molecule has 1 amide bonds. The number of halogens is 1. The lowest BCUT2D eigenvalue weighted by Gasteiger charge is -2.41. The van der Waals surface area contributed by atoms with Gasteiger partial charge in [-0.25, -0.2) is 0 Å². The predicted octanol–water partition coefficient (Wildman–Crippen LogP) is 4.00. The summed E-state index contributed by atoms with van der Waals surface area (Å²) in [4.78, 5) is 17.0. The number of benzene rings is 1. The first-order valence-electron chi connectivity index (χ1n) is 10.7. The Balaban J connectivity index is 1.69. The van der Waals surface area contributed by atoms with Crippen molar-refractivity contribution in [3.05, 3.63) is 34.2 Å². The molecule has 1 saturated heterocycles. The number of rotatable bonds is 8. The molecule has 170 valence electrons. The summed E-state index contributed by atoms with van der Waals surface area (Å²) in [6.07, 6.45) is 0.871. The first-order chi connectivity index (χ1) is 14.8. The molecule has 1 aromatic heterocycles. The molecule has 0 bridgehead atoms. The van der Waals surface area contributed by atoms with Crippen LogP contribution in [0.4, 0.5) is 11.7 Å². The van der Waals surface area contributed by atoms with Crippen LogP contribution >= 0.6 is 11.6 Å². The molecule has 31 heavy (non-hydrogen) atoms. The van der Waals surface area contributed by atoms with Crippen LogP contribution < -0.4 is 5.32 Å². The van der Waals surface area contributed by atoms with Crippen LogP contribution in [-0.2, 0) is 22.7 Å². The lowest BCUT2D eigenvalue weighted by atomic mass is 10.0. The maximum Gasteiger partial charge on any atom is 0.320 e. The van der Waals surface area contributed by atoms with Gasteiger partial charge in [0.15, 0.2) is 0 Å². The Morgan fingerprint density at radius 3 is 2.84 bits per heavy atom. The molecule has 0 spiro atoms. The molecular formula is C22H32ClN5O3. The Bertz CT molecular complexity index is 903. The lowest BCUT2D eigenvalue weighted by Crippen LogP contribution is -2.54. The number of anilines is 2. The average Bonchev–Trinajstić information content (AvgIpc) is 3.17. The van der Waals surface area contributed by atoms with E-state index in [1.165, 1.54) is 0 Å². The largest absolute Gasteiger partial charge is 0.405 e. The van der Waals surface area contributed by atoms with Crippen LogP contribution in [0.1, 0.15) is 44.2 Å². The van der Waals surface area contributed by atoms with E-state index in [0.29, 0.717) is 16.9 Å². The summed E-state index contributed by atoms with van der Waals surface area (Å²) in [5.41, 5.74) is 3.02. The van der Waals surface area contributed by atoms with Gasteiger partial charge in [-0.3, -0.25) is 9.69 Å². The van der Waals surface area contributed by atoms with Gasteiger partial charge >= 0.3 is 6.01 Å². The SMILES string of the molecule is CCC(C)C(=O)N1CCN(Cc2cc(Cl)cc(Nc3nnc(COC)o3)c2C)C[C@@H]1C. The van der Waals surface area contributed by atoms with Crippen LogP contribution in [0.15, 0.2) is 16.5 Å². The van der Waals surface area contributed by atoms with Crippen molar-refractivity contribution in [1.29, 1.82) is 0 Å². The fraction of sp³-hybridized carbons (Fsp3) is 0.591. The number of aromatic nitrogens is 2. The van der Waals surface area contributed by atoms with E-state index in [9.17, 15) is 4.79 Å². The molecule has 1 aliphatic heterocycles. The van der Waals surface area contributed by atoms with E-state index < -0.39 is 0 Å². The second kappa shape index (κ2) is 10.4. The summed E-state index contributed by atoms with van der Waals surface area (Å²) < 4.78 is 10.6. The van der Waals surface area contributed by atoms with Crippen molar-refractivity contribution >= 4 is 29.2 Å². The molecular weight excluding hydrogens is 418 g/mol. The summed E-state index contributed by atoms with van der Waals surface area (Å²) in [6, 6.07) is 4.33. The zero-order chi connectivity index (χ0) is 22.5. The number of carbonyl (C=O) groups is 1. The van der Waals surface area contributed by atoms with Gasteiger partial charge in [-0.05, 0) is 43.5 Å². The van der Waals surface area contributed by atoms with Crippen molar-refractivity contribution in [1.82, 2.24) is 20.0 Å². The van der Waals surface area contributed by atoms with Crippen LogP contribution in [0.2, 0.25) is 5.02 Å². The van der Waals surface area contributed by atoms with Crippen molar-refractivity contribution in [3.63, 3.8) is 0 Å². The summed E-state index contributed by atoms with van der Waals surface area (Å²) in [5, 5.41) is 11.7. The number of nitrogens with zero attached hydrogens (tertiary/aromatic N) is 4. The van der Waals surface area contributed by atoms with Gasteiger partial charge in [-0.15, -0.1) is 5.10 Å². The zero-order valence-corrected chi connectivity index (χ0v) is 19.7. The van der Waals surface area contributed by atoms with E-state index in [1.54, 1.807) is 7.11 Å². The number of methoxy groups -OCH3 is 1. The first-order valence-corrected chi connectivity index (χ1v) is 11.1. The molecule has 9 heteroatoms. The average molecular weight is 450 g/mol. The third kappa shape index (κ3) is 5.75. The molecule has 2 atom stereocenters. The van der Waals surface area contributed by atoms with Gasteiger partial charge in [0, 0.05) is 56.0 Å². The molecule has 1 N–H and O–H groups in total. The quantitative estimate of drug-likeness (QED) is 0.651. The highest BCUT2D eigenvalue weighted by Crippen LogP contribution is 2.29. The van der Waals surface area contributed by atoms with Gasteiger partial charge in [0.25, 0.3) is 0 Å². The number of ether oxygens (including phenoxy) is 1. The Kier molecular flexibility index (Phi) is 7.91. The minimum atomic E-state index is 0.0758. The normalized spacial score (nSPS) is 18.3. The maximum atomic E-state index is 12.6. The van der Waals surface area contributed by atoms with Crippen LogP contribution in [-0.4, -0.2) is 58.7 Å². The van der Waals surface area contributed by atoms with Crippen molar-refractivity contribution < 1.29 is 13.9 Å². The second-order valence-corrected chi connectivity index (χ2v) is 8.66. The van der Waals surface area contributed by atoms with Gasteiger partial charge in [-0.1, -0.05) is 30.5 Å². The summed E-state index contributed by atoms with van der Waals surface area (Å²) in [7, 11) is 1.58. The second-order valence-electron chi connectivity index (χ2n) is 8.22. The number of hydrogen-bond acceptors (Lipinski definition) is 7. The third-order valence-corrected chi connectivity index (χ3v) is 6.10. The minimum absolute atomic E-state index is 0.0758. The van der Waals surface area contributed by atoms with Crippen molar-refractivity contribution in [2.24, 2.45) is 5.92 Å². The zero-order valence-electron chi connectivity index (χ0n) is 18.9. The summed E-state index contributed by atoms with van der Waals surface area (Å²) in [6.45, 7) is 11.7. The fourth-order valence-corrected chi connectivity index (χ4v) is 4.07. The molecule has 8 nitrogen and oxygen atoms in total. The minimum Gasteiger partial charge on any atom is -0.405 e. The number of hydrogen-bond donors (Lipinski definition) is 1. The smallest absolute Gasteiger partial charge is 0.320 e. The topological polar surface area (TPSA) is 83.7 Å². The number of carbonyl (C=O) groups excluding carboxylic acids is 1. The van der Waals surface area contributed by atoms with Gasteiger partial charge in [0.05, 0.1) is 0 Å². The van der Waals surface area contributed by atoms with E-state index in [2.05, 4.69) is 34.3 Å². The standard InChI is InChI=1S/C22H32ClN5O3/c1-6-14(2)21(29)28-8-7-27(11-15(28)3)12-17-9-18(23)10-19(16(17)4)24-22-26-25-20(31-22)13-30-5/h9-10,14-15H,6-8,11-13H2,1-5H3,(H,24,26)/t14?,15-/m0/s1. The first kappa shape index (κ1) is 23.5. The highest BCUT2D eigenvalue weighted by molar-refractivity contribution is 6.31. The molecule has 0 saturated carbocycles. The highest BCUT2D eigenvalue weighted by Gasteiger charge is 2.29. The van der Waals surface area contributed by atoms with E-state index >= 15 is 0 Å². The Hall–Kier alpha value is -2.16. The van der Waals surface area contributed by atoms with Gasteiger partial charge in [-0.2, -0.15) is 0 Å². The molecule has 0 radical (unpaired) electrons. The Morgan fingerprint density at radius 2 is 2.16 bits per heavy atom. The van der Waals surface area contributed by atoms with Gasteiger partial charge < -0.3 is 19.4 Å². The highest BCUT2D eigenvalue weighted by atomic mass is 35.5. The van der Waals surface area contributed by atoms with E-state index in [-0.39, 0.29) is 24.5 Å². The van der Waals surface area contributed by atoms with Crippen molar-refractivity contribution in [2.75, 3.05) is 32.1 Å². The third-order valence-electron chi connectivity index (χ3n) is 5.88. The van der Waals surface area contributed by atoms with Crippen LogP contribution in [0.25, 0.3) is 0 Å². The molecule has 1 unspecified atom stereocenters. The van der Waals surface area contributed by atoms with Crippen molar-refractivity contribution in [2.45, 2.75) is 53.3 Å². The van der Waals surface area contributed by atoms with E-state index in [1.807, 2.05) is 30.9 Å². The Labute approximate surface area is 188 Å². The van der Waals surface area contributed by atoms with Crippen molar-refractivity contribution in [3.8, 4) is 0 Å². The predicted molar refractivity (Wildman–Crippen MR) is 120 cm³/mol. The van der Waals surface area contributed by atoms with Gasteiger partial charge in [0.1, 0.15) is 6.61 Å². The molecule has 1 aromatic carbocycles. The molecule has 0 aliphatic carbocycles. The van der Waals surface area contributed by atoms with Crippen LogP contribution in [0.5, 0.6) is 0 Å². The maximum absolute atomic E-state index is 12.6. The fourth-order valence-electron chi connectivity index (χ4n) is 3.83. The van der Waals surface area contributed by atoms with E-state index in [4.69, 9.17) is 20.8 Å². The monoisotopic (exact) mass is 449 g/mol. The van der Waals surface area contributed by atoms with Gasteiger partial charge in [0.2, 0.25) is 11.8 Å².